The van der Waals surface area contributed by atoms with Crippen LogP contribution in [0, 0.1) is 17.7 Å². The van der Waals surface area contributed by atoms with E-state index in [2.05, 4.69) is 25.9 Å². The zero-order chi connectivity index (χ0) is 25.2. The Labute approximate surface area is 207 Å². The molecule has 4 rings (SSSR count). The molecule has 2 N–H and O–H groups in total. The van der Waals surface area contributed by atoms with Gasteiger partial charge in [-0.05, 0) is 31.4 Å². The third-order valence-electron chi connectivity index (χ3n) is 5.81. The molecule has 1 unspecified atom stereocenters. The Bertz CT molecular complexity index is 1500. The van der Waals surface area contributed by atoms with Crippen LogP contribution >= 0.6 is 11.5 Å². The van der Waals surface area contributed by atoms with Gasteiger partial charge in [0.1, 0.15) is 17.7 Å². The van der Waals surface area contributed by atoms with Crippen LogP contribution in [0.1, 0.15) is 50.8 Å². The minimum absolute atomic E-state index is 0.0978. The van der Waals surface area contributed by atoms with E-state index >= 15 is 0 Å². The molecule has 0 aliphatic heterocycles. The molecule has 2 heterocycles. The quantitative estimate of drug-likeness (QED) is 0.357. The molecule has 2 aromatic heterocycles. The molecule has 0 amide bonds. The maximum atomic E-state index is 15.0. The number of aliphatic hydroxyl groups is 1. The standard InChI is InChI=1S/C24H23FN4O4S2/c1-4-24(31,5-2)11-10-16-8-6-7-9-17(16)15(3)29-19-12-18(25)21(13-20(19)33-23(29)30)35(32)28-22-26-14-27-34-22/h6-9,12-15,31H,4-5H2,1-3H3,(H,26,27,28)/t15-,35?/m1/s1. The molecule has 0 aliphatic carbocycles. The minimum Gasteiger partial charge on any atom is -0.408 e. The second-order valence-corrected chi connectivity index (χ2v) is 9.82. The number of benzene rings is 2. The predicted molar refractivity (Wildman–Crippen MR) is 133 cm³/mol. The van der Waals surface area contributed by atoms with Crippen LogP contribution in [0.3, 0.4) is 0 Å². The molecule has 2 aromatic carbocycles. The Morgan fingerprint density at radius 1 is 1.31 bits per heavy atom. The number of fused-ring (bicyclic) bond motifs is 1. The highest BCUT2D eigenvalue weighted by molar-refractivity contribution is 7.86. The highest BCUT2D eigenvalue weighted by Gasteiger charge is 2.23. The summed E-state index contributed by atoms with van der Waals surface area (Å²) in [4.78, 5) is 16.5. The molecule has 2 atom stereocenters. The summed E-state index contributed by atoms with van der Waals surface area (Å²) in [7, 11) is -1.97. The summed E-state index contributed by atoms with van der Waals surface area (Å²) in [5, 5.41) is 10.8. The number of aromatic nitrogens is 3. The van der Waals surface area contributed by atoms with Crippen molar-refractivity contribution in [2.45, 2.75) is 50.2 Å². The molecule has 182 valence electrons. The van der Waals surface area contributed by atoms with Gasteiger partial charge in [0, 0.05) is 29.2 Å². The van der Waals surface area contributed by atoms with Crippen LogP contribution in [0.15, 0.2) is 56.8 Å². The number of hydrogen-bond donors (Lipinski definition) is 2. The average molecular weight is 515 g/mol. The van der Waals surface area contributed by atoms with Gasteiger partial charge in [-0.3, -0.25) is 9.29 Å². The summed E-state index contributed by atoms with van der Waals surface area (Å²) < 4.78 is 40.7. The van der Waals surface area contributed by atoms with Gasteiger partial charge in [0.05, 0.1) is 16.5 Å². The third-order valence-corrected chi connectivity index (χ3v) is 7.61. The summed E-state index contributed by atoms with van der Waals surface area (Å²) in [5.41, 5.74) is 0.568. The van der Waals surface area contributed by atoms with E-state index in [-0.39, 0.29) is 21.1 Å². The van der Waals surface area contributed by atoms with E-state index in [1.807, 2.05) is 32.0 Å². The summed E-state index contributed by atoms with van der Waals surface area (Å²) in [6.45, 7) is 5.51. The van der Waals surface area contributed by atoms with Crippen molar-refractivity contribution in [1.82, 2.24) is 13.9 Å². The maximum absolute atomic E-state index is 15.0. The first-order valence-corrected chi connectivity index (χ1v) is 12.8. The monoisotopic (exact) mass is 514 g/mol. The normalized spacial score (nSPS) is 13.3. The van der Waals surface area contributed by atoms with Crippen LogP contribution in [0.2, 0.25) is 0 Å². The number of oxazole rings is 1. The van der Waals surface area contributed by atoms with Crippen molar-refractivity contribution in [3.63, 3.8) is 0 Å². The average Bonchev–Trinajstić information content (AvgIpc) is 3.48. The summed E-state index contributed by atoms with van der Waals surface area (Å²) >= 11 is 0.981. The second-order valence-electron chi connectivity index (χ2n) is 7.86. The fraction of sp³-hybridized carbons (Fsp3) is 0.292. The lowest BCUT2D eigenvalue weighted by Crippen LogP contribution is -2.24. The number of anilines is 1. The number of nitrogens with one attached hydrogen (secondary N) is 1. The summed E-state index contributed by atoms with van der Waals surface area (Å²) in [6, 6.07) is 9.08. The van der Waals surface area contributed by atoms with E-state index in [1.165, 1.54) is 17.0 Å². The molecular weight excluding hydrogens is 491 g/mol. The molecular formula is C24H23FN4O4S2. The van der Waals surface area contributed by atoms with Crippen molar-refractivity contribution < 1.29 is 18.1 Å². The highest BCUT2D eigenvalue weighted by Crippen LogP contribution is 2.28. The van der Waals surface area contributed by atoms with Crippen LogP contribution in [0.25, 0.3) is 11.1 Å². The Balaban J connectivity index is 1.74. The Morgan fingerprint density at radius 3 is 2.74 bits per heavy atom. The molecule has 11 heteroatoms. The minimum atomic E-state index is -1.97. The third kappa shape index (κ3) is 5.05. The van der Waals surface area contributed by atoms with E-state index in [0.29, 0.717) is 24.0 Å². The van der Waals surface area contributed by atoms with Crippen LogP contribution in [0.5, 0.6) is 0 Å². The van der Waals surface area contributed by atoms with Gasteiger partial charge in [-0.2, -0.15) is 4.37 Å². The fourth-order valence-corrected chi connectivity index (χ4v) is 5.06. The smallest absolute Gasteiger partial charge is 0.408 e. The van der Waals surface area contributed by atoms with Gasteiger partial charge < -0.3 is 9.52 Å². The maximum Gasteiger partial charge on any atom is 0.420 e. The Hall–Kier alpha value is -3.33. The van der Waals surface area contributed by atoms with Gasteiger partial charge in [0.2, 0.25) is 5.13 Å². The number of hydrogen-bond acceptors (Lipinski definition) is 7. The molecule has 0 saturated heterocycles. The fourth-order valence-electron chi connectivity index (χ4n) is 3.62. The molecule has 4 aromatic rings. The first-order valence-electron chi connectivity index (χ1n) is 10.9. The van der Waals surface area contributed by atoms with Gasteiger partial charge in [-0.1, -0.05) is 43.9 Å². The molecule has 8 nitrogen and oxygen atoms in total. The van der Waals surface area contributed by atoms with Gasteiger partial charge in [0.15, 0.2) is 16.6 Å². The topological polar surface area (TPSA) is 110 Å². The van der Waals surface area contributed by atoms with Crippen molar-refractivity contribution in [1.29, 1.82) is 0 Å². The lowest BCUT2D eigenvalue weighted by molar-refractivity contribution is 0.0931. The number of rotatable bonds is 7. The SMILES string of the molecule is CCC(O)(C#Cc1ccccc1[C@@H](C)n1c(=O)oc2cc(S(=O)Nc3ncns3)c(F)cc21)CC. The van der Waals surface area contributed by atoms with Crippen molar-refractivity contribution in [2.24, 2.45) is 0 Å². The van der Waals surface area contributed by atoms with E-state index in [9.17, 15) is 18.5 Å². The van der Waals surface area contributed by atoms with Crippen LogP contribution in [-0.2, 0) is 11.0 Å². The first-order chi connectivity index (χ1) is 16.8. The van der Waals surface area contributed by atoms with Crippen molar-refractivity contribution in [2.75, 3.05) is 4.72 Å². The summed E-state index contributed by atoms with van der Waals surface area (Å²) in [6.07, 6.45) is 2.26. The largest absolute Gasteiger partial charge is 0.420 e. The van der Waals surface area contributed by atoms with Gasteiger partial charge >= 0.3 is 5.76 Å². The van der Waals surface area contributed by atoms with E-state index in [1.54, 1.807) is 13.0 Å². The predicted octanol–water partition coefficient (Wildman–Crippen LogP) is 4.23. The highest BCUT2D eigenvalue weighted by atomic mass is 32.2. The number of halogens is 1. The lowest BCUT2D eigenvalue weighted by Gasteiger charge is -2.18. The molecule has 0 radical (unpaired) electrons. The molecule has 0 bridgehead atoms. The van der Waals surface area contributed by atoms with Crippen LogP contribution in [-0.4, -0.2) is 28.8 Å². The Kier molecular flexibility index (Phi) is 7.16. The van der Waals surface area contributed by atoms with Gasteiger partial charge in [-0.25, -0.2) is 18.4 Å². The van der Waals surface area contributed by atoms with E-state index in [4.69, 9.17) is 4.42 Å². The Morgan fingerprint density at radius 2 is 2.06 bits per heavy atom. The van der Waals surface area contributed by atoms with E-state index in [0.717, 1.165) is 17.6 Å². The van der Waals surface area contributed by atoms with E-state index < -0.39 is 34.2 Å². The lowest BCUT2D eigenvalue weighted by atomic mass is 9.96. The second kappa shape index (κ2) is 10.1. The van der Waals surface area contributed by atoms with Crippen molar-refractivity contribution in [3.05, 3.63) is 70.2 Å². The molecule has 0 aliphatic rings. The van der Waals surface area contributed by atoms with Crippen LogP contribution in [0.4, 0.5) is 9.52 Å². The van der Waals surface area contributed by atoms with Crippen molar-refractivity contribution >= 4 is 38.7 Å². The molecule has 0 spiro atoms. The zero-order valence-electron chi connectivity index (χ0n) is 19.2. The first kappa shape index (κ1) is 24.8. The van der Waals surface area contributed by atoms with Crippen molar-refractivity contribution in [3.8, 4) is 11.8 Å². The summed E-state index contributed by atoms with van der Waals surface area (Å²) in [5.74, 6) is 4.53. The zero-order valence-corrected chi connectivity index (χ0v) is 20.9. The van der Waals surface area contributed by atoms with Gasteiger partial charge in [0.25, 0.3) is 0 Å². The van der Waals surface area contributed by atoms with Gasteiger partial charge in [-0.15, -0.1) is 0 Å². The number of nitrogens with zero attached hydrogens (tertiary/aromatic N) is 3. The molecule has 0 fully saturated rings. The molecule has 35 heavy (non-hydrogen) atoms. The molecule has 0 saturated carbocycles. The van der Waals surface area contributed by atoms with Crippen LogP contribution < -0.4 is 10.5 Å².